The molecule has 0 fully saturated rings. The molecule has 0 spiro atoms. The minimum Gasteiger partial charge on any atom is -0.462 e. The van der Waals surface area contributed by atoms with Crippen LogP contribution in [-0.4, -0.2) is 40.5 Å². The number of aryl methyl sites for hydroxylation is 1. The standard InChI is InChI=1S/C23H25N3O5S/c1-3-17(31-22(28)13-9-10-15-16(11-13)25-12-24-15)20(27)26-21-19(23(29)30-4-2)14-7-5-6-8-18(14)32-21/h9-12,17H,3-8H2,1-2H3,(H,24,25)(H,26,27). The summed E-state index contributed by atoms with van der Waals surface area (Å²) in [7, 11) is 0. The molecule has 1 aliphatic carbocycles. The number of esters is 2. The van der Waals surface area contributed by atoms with Crippen molar-refractivity contribution in [2.75, 3.05) is 11.9 Å². The van der Waals surface area contributed by atoms with Crippen molar-refractivity contribution in [3.05, 3.63) is 46.1 Å². The molecule has 4 rings (SSSR count). The van der Waals surface area contributed by atoms with Crippen LogP contribution in [0.5, 0.6) is 0 Å². The smallest absolute Gasteiger partial charge is 0.341 e. The van der Waals surface area contributed by atoms with Gasteiger partial charge < -0.3 is 19.8 Å². The largest absolute Gasteiger partial charge is 0.462 e. The van der Waals surface area contributed by atoms with E-state index in [0.717, 1.165) is 41.6 Å². The van der Waals surface area contributed by atoms with E-state index in [1.165, 1.54) is 11.3 Å². The van der Waals surface area contributed by atoms with Crippen LogP contribution in [-0.2, 0) is 27.1 Å². The summed E-state index contributed by atoms with van der Waals surface area (Å²) >= 11 is 1.41. The van der Waals surface area contributed by atoms with Crippen molar-refractivity contribution in [3.63, 3.8) is 0 Å². The third-order valence-electron chi connectivity index (χ3n) is 5.46. The van der Waals surface area contributed by atoms with Crippen molar-refractivity contribution in [1.82, 2.24) is 9.97 Å². The zero-order chi connectivity index (χ0) is 22.7. The van der Waals surface area contributed by atoms with Crippen molar-refractivity contribution < 1.29 is 23.9 Å². The van der Waals surface area contributed by atoms with Gasteiger partial charge in [0.1, 0.15) is 5.00 Å². The number of imidazole rings is 1. The number of ether oxygens (including phenoxy) is 2. The number of hydrogen-bond donors (Lipinski definition) is 2. The number of amides is 1. The second-order valence-electron chi connectivity index (χ2n) is 7.56. The van der Waals surface area contributed by atoms with E-state index in [9.17, 15) is 14.4 Å². The Morgan fingerprint density at radius 3 is 2.78 bits per heavy atom. The van der Waals surface area contributed by atoms with E-state index in [1.54, 1.807) is 38.4 Å². The maximum Gasteiger partial charge on any atom is 0.341 e. The van der Waals surface area contributed by atoms with Crippen molar-refractivity contribution in [2.24, 2.45) is 0 Å². The van der Waals surface area contributed by atoms with Crippen molar-refractivity contribution in [3.8, 4) is 0 Å². The number of nitrogens with one attached hydrogen (secondary N) is 2. The maximum absolute atomic E-state index is 13.0. The normalized spacial score (nSPS) is 13.9. The summed E-state index contributed by atoms with van der Waals surface area (Å²) in [5, 5.41) is 3.29. The number of thiophene rings is 1. The van der Waals surface area contributed by atoms with E-state index in [4.69, 9.17) is 9.47 Å². The molecule has 2 heterocycles. The first kappa shape index (κ1) is 22.0. The number of aromatic nitrogens is 2. The predicted octanol–water partition coefficient (Wildman–Crippen LogP) is 4.25. The average Bonchev–Trinajstić information content (AvgIpc) is 3.40. The Balaban J connectivity index is 1.52. The van der Waals surface area contributed by atoms with E-state index in [0.29, 0.717) is 28.1 Å². The number of carbonyl (C=O) groups is 3. The number of carbonyl (C=O) groups excluding carboxylic acids is 3. The molecule has 2 N–H and O–H groups in total. The van der Waals surface area contributed by atoms with Gasteiger partial charge in [-0.05, 0) is 62.8 Å². The molecule has 0 aliphatic heterocycles. The van der Waals surface area contributed by atoms with Gasteiger partial charge in [-0.15, -0.1) is 11.3 Å². The summed E-state index contributed by atoms with van der Waals surface area (Å²) in [6.45, 7) is 3.77. The van der Waals surface area contributed by atoms with Crippen molar-refractivity contribution in [1.29, 1.82) is 0 Å². The van der Waals surface area contributed by atoms with Gasteiger partial charge in [0.15, 0.2) is 6.10 Å². The van der Waals surface area contributed by atoms with E-state index in [-0.39, 0.29) is 6.61 Å². The first-order valence-corrected chi connectivity index (χ1v) is 11.6. The van der Waals surface area contributed by atoms with Gasteiger partial charge in [-0.3, -0.25) is 4.79 Å². The predicted molar refractivity (Wildman–Crippen MR) is 121 cm³/mol. The van der Waals surface area contributed by atoms with E-state index in [2.05, 4.69) is 15.3 Å². The summed E-state index contributed by atoms with van der Waals surface area (Å²) < 4.78 is 10.7. The zero-order valence-corrected chi connectivity index (χ0v) is 18.8. The molecule has 2 aromatic heterocycles. The lowest BCUT2D eigenvalue weighted by Gasteiger charge is -2.16. The fourth-order valence-corrected chi connectivity index (χ4v) is 5.13. The number of fused-ring (bicyclic) bond motifs is 2. The van der Waals surface area contributed by atoms with Gasteiger partial charge in [0, 0.05) is 4.88 Å². The Labute approximate surface area is 189 Å². The molecule has 32 heavy (non-hydrogen) atoms. The van der Waals surface area contributed by atoms with Crippen molar-refractivity contribution >= 4 is 45.2 Å². The van der Waals surface area contributed by atoms with Gasteiger partial charge in [-0.1, -0.05) is 6.92 Å². The highest BCUT2D eigenvalue weighted by molar-refractivity contribution is 7.17. The average molecular weight is 456 g/mol. The molecule has 0 saturated carbocycles. The fourth-order valence-electron chi connectivity index (χ4n) is 3.85. The second kappa shape index (κ2) is 9.52. The molecule has 1 atom stereocenters. The van der Waals surface area contributed by atoms with E-state index in [1.807, 2.05) is 0 Å². The summed E-state index contributed by atoms with van der Waals surface area (Å²) in [5.41, 5.74) is 3.17. The highest BCUT2D eigenvalue weighted by Crippen LogP contribution is 2.38. The van der Waals surface area contributed by atoms with Crippen LogP contribution in [0.1, 0.15) is 64.3 Å². The Kier molecular flexibility index (Phi) is 6.55. The summed E-state index contributed by atoms with van der Waals surface area (Å²) in [5.74, 6) is -1.49. The number of hydrogen-bond acceptors (Lipinski definition) is 7. The topological polar surface area (TPSA) is 110 Å². The van der Waals surface area contributed by atoms with Gasteiger partial charge in [0.2, 0.25) is 0 Å². The molecule has 168 valence electrons. The lowest BCUT2D eigenvalue weighted by molar-refractivity contribution is -0.124. The van der Waals surface area contributed by atoms with Crippen LogP contribution in [0.3, 0.4) is 0 Å². The number of aromatic amines is 1. The molecule has 1 unspecified atom stereocenters. The SMILES string of the molecule is CCOC(=O)c1c(NC(=O)C(CC)OC(=O)c2ccc3nc[nH]c3c2)sc2c1CCCC2. The van der Waals surface area contributed by atoms with Gasteiger partial charge in [-0.25, -0.2) is 14.6 Å². The molecular formula is C23H25N3O5S. The van der Waals surface area contributed by atoms with Crippen LogP contribution >= 0.6 is 11.3 Å². The Bertz CT molecular complexity index is 1170. The first-order chi connectivity index (χ1) is 15.5. The lowest BCUT2D eigenvalue weighted by Crippen LogP contribution is -2.32. The molecule has 1 aromatic carbocycles. The molecule has 9 heteroatoms. The quantitative estimate of drug-likeness (QED) is 0.515. The van der Waals surface area contributed by atoms with Gasteiger partial charge in [0.25, 0.3) is 5.91 Å². The minimum absolute atomic E-state index is 0.257. The number of H-pyrrole nitrogens is 1. The number of benzene rings is 1. The third-order valence-corrected chi connectivity index (χ3v) is 6.66. The van der Waals surface area contributed by atoms with Crippen LogP contribution in [0.25, 0.3) is 11.0 Å². The van der Waals surface area contributed by atoms with Gasteiger partial charge in [-0.2, -0.15) is 0 Å². The Hall–Kier alpha value is -3.20. The molecular weight excluding hydrogens is 430 g/mol. The summed E-state index contributed by atoms with van der Waals surface area (Å²) in [6, 6.07) is 4.97. The molecule has 0 radical (unpaired) electrons. The molecule has 3 aromatic rings. The number of anilines is 1. The van der Waals surface area contributed by atoms with Crippen molar-refractivity contribution in [2.45, 2.75) is 52.1 Å². The van der Waals surface area contributed by atoms with Crippen LogP contribution in [0.4, 0.5) is 5.00 Å². The molecule has 1 aliphatic rings. The maximum atomic E-state index is 13.0. The highest BCUT2D eigenvalue weighted by Gasteiger charge is 2.29. The molecule has 0 saturated heterocycles. The second-order valence-corrected chi connectivity index (χ2v) is 8.67. The molecule has 1 amide bonds. The van der Waals surface area contributed by atoms with Crippen LogP contribution < -0.4 is 5.32 Å². The zero-order valence-electron chi connectivity index (χ0n) is 18.0. The van der Waals surface area contributed by atoms with Gasteiger partial charge in [0.05, 0.1) is 35.1 Å². The summed E-state index contributed by atoms with van der Waals surface area (Å²) in [4.78, 5) is 46.4. The molecule has 0 bridgehead atoms. The highest BCUT2D eigenvalue weighted by atomic mass is 32.1. The molecule has 8 nitrogen and oxygen atoms in total. The van der Waals surface area contributed by atoms with E-state index < -0.39 is 23.9 Å². The van der Waals surface area contributed by atoms with Gasteiger partial charge >= 0.3 is 11.9 Å². The van der Waals surface area contributed by atoms with E-state index >= 15 is 0 Å². The number of rotatable bonds is 7. The summed E-state index contributed by atoms with van der Waals surface area (Å²) in [6.07, 6.45) is 4.57. The minimum atomic E-state index is -0.992. The van der Waals surface area contributed by atoms with Crippen LogP contribution in [0.15, 0.2) is 24.5 Å². The number of nitrogens with zero attached hydrogens (tertiary/aromatic N) is 1. The first-order valence-electron chi connectivity index (χ1n) is 10.8. The Morgan fingerprint density at radius 2 is 2.00 bits per heavy atom. The lowest BCUT2D eigenvalue weighted by atomic mass is 9.95. The van der Waals surface area contributed by atoms with Crippen LogP contribution in [0, 0.1) is 0 Å². The third kappa shape index (κ3) is 4.38. The monoisotopic (exact) mass is 455 g/mol. The van der Waals surface area contributed by atoms with Crippen LogP contribution in [0.2, 0.25) is 0 Å². The fraction of sp³-hybridized carbons (Fsp3) is 0.391. The Morgan fingerprint density at radius 1 is 1.19 bits per heavy atom.